The molecule has 8 nitrogen and oxygen atoms in total. The summed E-state index contributed by atoms with van der Waals surface area (Å²) in [6.07, 6.45) is 2.91. The monoisotopic (exact) mass is 390 g/mol. The number of hydrogen-bond donors (Lipinski definition) is 2. The molecule has 146 valence electrons. The molecule has 2 aromatic carbocycles. The Hall–Kier alpha value is -3.94. The Morgan fingerprint density at radius 3 is 2.66 bits per heavy atom. The zero-order valence-electron chi connectivity index (χ0n) is 15.6. The number of ether oxygens (including phenoxy) is 2. The van der Waals surface area contributed by atoms with Crippen molar-refractivity contribution < 1.29 is 19.1 Å². The number of rotatable bonds is 5. The molecule has 29 heavy (non-hydrogen) atoms. The second-order valence-electron chi connectivity index (χ2n) is 6.41. The highest BCUT2D eigenvalue weighted by molar-refractivity contribution is 6.08. The fourth-order valence-electron chi connectivity index (χ4n) is 2.81. The van der Waals surface area contributed by atoms with Crippen LogP contribution in [0.2, 0.25) is 0 Å². The van der Waals surface area contributed by atoms with Gasteiger partial charge in [0.25, 0.3) is 11.8 Å². The molecular formula is C21H18N4O4. The summed E-state index contributed by atoms with van der Waals surface area (Å²) in [7, 11) is 0. The summed E-state index contributed by atoms with van der Waals surface area (Å²) in [5.41, 5.74) is 2.50. The first-order chi connectivity index (χ1) is 14.1. The number of fused-ring (bicyclic) bond motifs is 1. The average molecular weight is 390 g/mol. The predicted molar refractivity (Wildman–Crippen MR) is 105 cm³/mol. The number of carbonyl (C=O) groups excluding carboxylic acids is 2. The Kier molecular flexibility index (Phi) is 5.07. The molecular weight excluding hydrogens is 372 g/mol. The molecule has 3 aromatic rings. The van der Waals surface area contributed by atoms with Gasteiger partial charge in [0.15, 0.2) is 11.5 Å². The van der Waals surface area contributed by atoms with E-state index in [1.165, 1.54) is 12.4 Å². The highest BCUT2D eigenvalue weighted by Gasteiger charge is 2.16. The Labute approximate surface area is 166 Å². The van der Waals surface area contributed by atoms with Gasteiger partial charge in [0, 0.05) is 12.7 Å². The Morgan fingerprint density at radius 1 is 1.00 bits per heavy atom. The van der Waals surface area contributed by atoms with Crippen LogP contribution in [0.4, 0.5) is 5.69 Å². The van der Waals surface area contributed by atoms with Gasteiger partial charge in [-0.05, 0) is 36.8 Å². The topological polar surface area (TPSA) is 102 Å². The number of nitrogens with zero attached hydrogens (tertiary/aromatic N) is 2. The lowest BCUT2D eigenvalue weighted by atomic mass is 10.1. The van der Waals surface area contributed by atoms with Gasteiger partial charge in [-0.25, -0.2) is 4.98 Å². The normalized spacial score (nSPS) is 11.8. The van der Waals surface area contributed by atoms with E-state index in [2.05, 4.69) is 20.6 Å². The fraction of sp³-hybridized carbons (Fsp3) is 0.143. The number of aromatic nitrogens is 2. The Bertz CT molecular complexity index is 1070. The number of benzene rings is 2. The third-order valence-electron chi connectivity index (χ3n) is 4.32. The lowest BCUT2D eigenvalue weighted by molar-refractivity contribution is 0.0951. The van der Waals surface area contributed by atoms with E-state index in [4.69, 9.17) is 9.47 Å². The van der Waals surface area contributed by atoms with Crippen LogP contribution in [0, 0.1) is 6.92 Å². The van der Waals surface area contributed by atoms with Crippen LogP contribution in [0.1, 0.15) is 32.1 Å². The Balaban J connectivity index is 1.45. The minimum Gasteiger partial charge on any atom is -0.454 e. The number of carbonyl (C=O) groups is 2. The van der Waals surface area contributed by atoms with Gasteiger partial charge in [-0.1, -0.05) is 18.2 Å². The van der Waals surface area contributed by atoms with Crippen LogP contribution < -0.4 is 20.1 Å². The largest absolute Gasteiger partial charge is 0.454 e. The smallest absolute Gasteiger partial charge is 0.275 e. The molecule has 1 aromatic heterocycles. The number of aryl methyl sites for hydroxylation is 1. The van der Waals surface area contributed by atoms with Crippen molar-refractivity contribution in [3.63, 3.8) is 0 Å². The molecule has 0 spiro atoms. The van der Waals surface area contributed by atoms with Crippen molar-refractivity contribution in [1.29, 1.82) is 0 Å². The van der Waals surface area contributed by atoms with E-state index in [1.807, 2.05) is 12.1 Å². The second-order valence-corrected chi connectivity index (χ2v) is 6.41. The van der Waals surface area contributed by atoms with Crippen molar-refractivity contribution >= 4 is 17.5 Å². The lowest BCUT2D eigenvalue weighted by Gasteiger charge is -2.11. The summed E-state index contributed by atoms with van der Waals surface area (Å²) in [5.74, 6) is 0.595. The van der Waals surface area contributed by atoms with E-state index >= 15 is 0 Å². The predicted octanol–water partition coefficient (Wildman–Crippen LogP) is 2.70. The molecule has 4 rings (SSSR count). The summed E-state index contributed by atoms with van der Waals surface area (Å²) in [4.78, 5) is 33.2. The molecule has 8 heteroatoms. The molecule has 0 radical (unpaired) electrons. The minimum atomic E-state index is -0.437. The van der Waals surface area contributed by atoms with Crippen LogP contribution in [0.15, 0.2) is 54.9 Å². The fourth-order valence-corrected chi connectivity index (χ4v) is 2.81. The highest BCUT2D eigenvalue weighted by Crippen LogP contribution is 2.32. The number of para-hydroxylation sites is 1. The maximum Gasteiger partial charge on any atom is 0.275 e. The summed E-state index contributed by atoms with van der Waals surface area (Å²) in [6, 6.07) is 12.3. The van der Waals surface area contributed by atoms with Crippen molar-refractivity contribution in [2.45, 2.75) is 13.5 Å². The van der Waals surface area contributed by atoms with E-state index in [-0.39, 0.29) is 18.4 Å². The first-order valence-corrected chi connectivity index (χ1v) is 8.96. The van der Waals surface area contributed by atoms with E-state index in [9.17, 15) is 9.59 Å². The second kappa shape index (κ2) is 7.97. The van der Waals surface area contributed by atoms with Crippen molar-refractivity contribution in [3.8, 4) is 11.5 Å². The standard InChI is InChI=1S/C21H18N4O4/c1-13-9-23-17(11-22-13)21(27)25-16-5-3-2-4-15(16)20(26)24-10-14-6-7-18-19(8-14)29-12-28-18/h2-9,11H,10,12H2,1H3,(H,24,26)(H,25,27). The number of amides is 2. The minimum absolute atomic E-state index is 0.172. The number of anilines is 1. The van der Waals surface area contributed by atoms with Gasteiger partial charge in [0.1, 0.15) is 5.69 Å². The first kappa shape index (κ1) is 18.4. The van der Waals surface area contributed by atoms with Gasteiger partial charge in [0.2, 0.25) is 6.79 Å². The molecule has 0 atom stereocenters. The van der Waals surface area contributed by atoms with Gasteiger partial charge in [0.05, 0.1) is 23.1 Å². The van der Waals surface area contributed by atoms with Crippen LogP contribution in [-0.4, -0.2) is 28.6 Å². The van der Waals surface area contributed by atoms with Gasteiger partial charge < -0.3 is 20.1 Å². The molecule has 0 unspecified atom stereocenters. The molecule has 0 saturated heterocycles. The molecule has 0 fully saturated rings. The summed E-state index contributed by atoms with van der Waals surface area (Å²) in [5, 5.41) is 5.57. The van der Waals surface area contributed by atoms with E-state index < -0.39 is 5.91 Å². The van der Waals surface area contributed by atoms with Crippen LogP contribution in [0.25, 0.3) is 0 Å². The van der Waals surface area contributed by atoms with Crippen LogP contribution in [0.5, 0.6) is 11.5 Å². The van der Waals surface area contributed by atoms with Gasteiger partial charge in [-0.2, -0.15) is 0 Å². The molecule has 2 heterocycles. The highest BCUT2D eigenvalue weighted by atomic mass is 16.7. The van der Waals surface area contributed by atoms with Crippen molar-refractivity contribution in [2.24, 2.45) is 0 Å². The Morgan fingerprint density at radius 2 is 1.83 bits per heavy atom. The maximum atomic E-state index is 12.7. The van der Waals surface area contributed by atoms with Crippen LogP contribution in [-0.2, 0) is 6.54 Å². The van der Waals surface area contributed by atoms with Crippen LogP contribution in [0.3, 0.4) is 0 Å². The molecule has 1 aliphatic heterocycles. The molecule has 0 saturated carbocycles. The van der Waals surface area contributed by atoms with Gasteiger partial charge in [-0.3, -0.25) is 14.6 Å². The van der Waals surface area contributed by atoms with Crippen molar-refractivity contribution in [3.05, 3.63) is 77.4 Å². The molecule has 1 aliphatic rings. The quantitative estimate of drug-likeness (QED) is 0.694. The van der Waals surface area contributed by atoms with E-state index in [0.717, 1.165) is 5.56 Å². The van der Waals surface area contributed by atoms with Crippen molar-refractivity contribution in [1.82, 2.24) is 15.3 Å². The van der Waals surface area contributed by atoms with E-state index in [0.29, 0.717) is 35.0 Å². The summed E-state index contributed by atoms with van der Waals surface area (Å²) < 4.78 is 10.6. The van der Waals surface area contributed by atoms with Crippen LogP contribution >= 0.6 is 0 Å². The van der Waals surface area contributed by atoms with Crippen molar-refractivity contribution in [2.75, 3.05) is 12.1 Å². The zero-order chi connectivity index (χ0) is 20.2. The zero-order valence-corrected chi connectivity index (χ0v) is 15.6. The average Bonchev–Trinajstić information content (AvgIpc) is 3.21. The molecule has 2 N–H and O–H groups in total. The molecule has 2 amide bonds. The third kappa shape index (κ3) is 4.16. The summed E-state index contributed by atoms with van der Waals surface area (Å²) in [6.45, 7) is 2.29. The third-order valence-corrected chi connectivity index (χ3v) is 4.32. The molecule has 0 aliphatic carbocycles. The SMILES string of the molecule is Cc1cnc(C(=O)Nc2ccccc2C(=O)NCc2ccc3c(c2)OCO3)cn1. The van der Waals surface area contributed by atoms with Gasteiger partial charge in [-0.15, -0.1) is 0 Å². The van der Waals surface area contributed by atoms with E-state index in [1.54, 1.807) is 37.3 Å². The lowest BCUT2D eigenvalue weighted by Crippen LogP contribution is -2.25. The molecule has 0 bridgehead atoms. The first-order valence-electron chi connectivity index (χ1n) is 8.96. The summed E-state index contributed by atoms with van der Waals surface area (Å²) >= 11 is 0. The van der Waals surface area contributed by atoms with Gasteiger partial charge >= 0.3 is 0 Å². The maximum absolute atomic E-state index is 12.7. The number of hydrogen-bond acceptors (Lipinski definition) is 6. The number of nitrogens with one attached hydrogen (secondary N) is 2.